The maximum Gasteiger partial charge on any atom is 0.336 e. The van der Waals surface area contributed by atoms with Crippen molar-refractivity contribution in [2.75, 3.05) is 4.72 Å². The third-order valence-corrected chi connectivity index (χ3v) is 4.63. The molecule has 5 nitrogen and oxygen atoms in total. The normalized spacial score (nSPS) is 11.5. The Balaban J connectivity index is 1.99. The predicted octanol–water partition coefficient (Wildman–Crippen LogP) is 3.25. The Kier molecular flexibility index (Phi) is 3.64. The highest BCUT2D eigenvalue weighted by Crippen LogP contribution is 2.21. The molecule has 0 aliphatic carbocycles. The SMILES string of the molecule is O=c1ccc2cc(S(=O)(=O)Nc3ccc(Cl)cc3)ccc2o1. The first kappa shape index (κ1) is 14.6. The molecule has 112 valence electrons. The van der Waals surface area contributed by atoms with Crippen molar-refractivity contribution in [2.24, 2.45) is 0 Å². The topological polar surface area (TPSA) is 76.4 Å². The van der Waals surface area contributed by atoms with Crippen molar-refractivity contribution in [1.82, 2.24) is 0 Å². The van der Waals surface area contributed by atoms with E-state index in [2.05, 4.69) is 4.72 Å². The number of halogens is 1. The van der Waals surface area contributed by atoms with Gasteiger partial charge in [0.05, 0.1) is 4.90 Å². The van der Waals surface area contributed by atoms with Gasteiger partial charge in [-0.3, -0.25) is 4.72 Å². The highest BCUT2D eigenvalue weighted by molar-refractivity contribution is 7.92. The van der Waals surface area contributed by atoms with Crippen LogP contribution in [0.3, 0.4) is 0 Å². The predicted molar refractivity (Wildman–Crippen MR) is 84.7 cm³/mol. The Morgan fingerprint density at radius 3 is 2.41 bits per heavy atom. The summed E-state index contributed by atoms with van der Waals surface area (Å²) in [6, 6.07) is 13.4. The Bertz CT molecular complexity index is 994. The lowest BCUT2D eigenvalue weighted by molar-refractivity contribution is 0.560. The first-order valence-corrected chi connectivity index (χ1v) is 8.12. The van der Waals surface area contributed by atoms with Crippen molar-refractivity contribution in [3.8, 4) is 0 Å². The van der Waals surface area contributed by atoms with Crippen LogP contribution in [-0.4, -0.2) is 8.42 Å². The molecule has 0 aliphatic heterocycles. The molecule has 7 heteroatoms. The average Bonchev–Trinajstić information content (AvgIpc) is 2.49. The summed E-state index contributed by atoms with van der Waals surface area (Å²) in [6.45, 7) is 0. The van der Waals surface area contributed by atoms with Crippen LogP contribution in [-0.2, 0) is 10.0 Å². The second kappa shape index (κ2) is 5.47. The molecule has 0 saturated carbocycles. The molecule has 0 aliphatic rings. The fraction of sp³-hybridized carbons (Fsp3) is 0. The molecule has 3 aromatic rings. The van der Waals surface area contributed by atoms with Crippen LogP contribution in [0.5, 0.6) is 0 Å². The summed E-state index contributed by atoms with van der Waals surface area (Å²) in [7, 11) is -3.74. The van der Waals surface area contributed by atoms with Gasteiger partial charge in [0.15, 0.2) is 0 Å². The summed E-state index contributed by atoms with van der Waals surface area (Å²) in [5.74, 6) is 0. The minimum atomic E-state index is -3.74. The van der Waals surface area contributed by atoms with Crippen molar-refractivity contribution in [3.63, 3.8) is 0 Å². The number of nitrogens with one attached hydrogen (secondary N) is 1. The van der Waals surface area contributed by atoms with Crippen molar-refractivity contribution < 1.29 is 12.8 Å². The van der Waals surface area contributed by atoms with Gasteiger partial charge in [-0.05, 0) is 48.5 Å². The van der Waals surface area contributed by atoms with Gasteiger partial charge in [-0.15, -0.1) is 0 Å². The summed E-state index contributed by atoms with van der Waals surface area (Å²) in [4.78, 5) is 11.2. The van der Waals surface area contributed by atoms with E-state index in [0.29, 0.717) is 21.7 Å². The average molecular weight is 336 g/mol. The Hall–Kier alpha value is -2.31. The molecule has 0 fully saturated rings. The molecule has 0 spiro atoms. The minimum Gasteiger partial charge on any atom is -0.423 e. The highest BCUT2D eigenvalue weighted by atomic mass is 35.5. The van der Waals surface area contributed by atoms with Crippen LogP contribution in [0.25, 0.3) is 11.0 Å². The molecule has 1 N–H and O–H groups in total. The number of benzene rings is 2. The first-order chi connectivity index (χ1) is 10.4. The van der Waals surface area contributed by atoms with Crippen LogP contribution >= 0.6 is 11.6 Å². The molecule has 1 heterocycles. The van der Waals surface area contributed by atoms with E-state index >= 15 is 0 Å². The Morgan fingerprint density at radius 2 is 1.68 bits per heavy atom. The second-order valence-electron chi connectivity index (χ2n) is 4.57. The highest BCUT2D eigenvalue weighted by Gasteiger charge is 2.15. The molecule has 0 unspecified atom stereocenters. The van der Waals surface area contributed by atoms with E-state index in [1.54, 1.807) is 24.3 Å². The number of fused-ring (bicyclic) bond motifs is 1. The van der Waals surface area contributed by atoms with Crippen LogP contribution in [0, 0.1) is 0 Å². The van der Waals surface area contributed by atoms with E-state index in [4.69, 9.17) is 16.0 Å². The van der Waals surface area contributed by atoms with Crippen LogP contribution in [0.2, 0.25) is 5.02 Å². The number of anilines is 1. The van der Waals surface area contributed by atoms with Gasteiger partial charge in [-0.2, -0.15) is 0 Å². The lowest BCUT2D eigenvalue weighted by Crippen LogP contribution is -2.12. The van der Waals surface area contributed by atoms with Crippen molar-refractivity contribution >= 4 is 38.3 Å². The van der Waals surface area contributed by atoms with E-state index < -0.39 is 15.6 Å². The van der Waals surface area contributed by atoms with Crippen LogP contribution in [0.1, 0.15) is 0 Å². The number of hydrogen-bond donors (Lipinski definition) is 1. The number of hydrogen-bond acceptors (Lipinski definition) is 4. The quantitative estimate of drug-likeness (QED) is 0.745. The summed E-state index contributed by atoms with van der Waals surface area (Å²) in [5.41, 5.74) is 0.254. The van der Waals surface area contributed by atoms with E-state index in [1.807, 2.05) is 0 Å². The van der Waals surface area contributed by atoms with E-state index in [9.17, 15) is 13.2 Å². The van der Waals surface area contributed by atoms with Crippen LogP contribution in [0.15, 0.2) is 68.7 Å². The second-order valence-corrected chi connectivity index (χ2v) is 6.69. The van der Waals surface area contributed by atoms with E-state index in [1.165, 1.54) is 30.3 Å². The zero-order chi connectivity index (χ0) is 15.7. The fourth-order valence-corrected chi connectivity index (χ4v) is 3.17. The van der Waals surface area contributed by atoms with Gasteiger partial charge >= 0.3 is 5.63 Å². The first-order valence-electron chi connectivity index (χ1n) is 6.26. The van der Waals surface area contributed by atoms with E-state index in [0.717, 1.165) is 0 Å². The van der Waals surface area contributed by atoms with Crippen molar-refractivity contribution in [1.29, 1.82) is 0 Å². The Labute approximate surface area is 131 Å². The molecular weight excluding hydrogens is 326 g/mol. The molecule has 0 saturated heterocycles. The molecule has 3 rings (SSSR count). The number of rotatable bonds is 3. The van der Waals surface area contributed by atoms with Gasteiger partial charge in [0.25, 0.3) is 10.0 Å². The smallest absolute Gasteiger partial charge is 0.336 e. The van der Waals surface area contributed by atoms with Gasteiger partial charge in [-0.1, -0.05) is 11.6 Å². The molecule has 22 heavy (non-hydrogen) atoms. The monoisotopic (exact) mass is 335 g/mol. The van der Waals surface area contributed by atoms with Gasteiger partial charge < -0.3 is 4.42 Å². The largest absolute Gasteiger partial charge is 0.423 e. The Morgan fingerprint density at radius 1 is 0.955 bits per heavy atom. The maximum absolute atomic E-state index is 12.4. The standard InChI is InChI=1S/C15H10ClNO4S/c16-11-2-4-12(5-3-11)17-22(19,20)13-6-7-14-10(9-13)1-8-15(18)21-14/h1-9,17H. The lowest BCUT2D eigenvalue weighted by Gasteiger charge is -2.08. The van der Waals surface area contributed by atoms with Gasteiger partial charge in [0, 0.05) is 22.2 Å². The fourth-order valence-electron chi connectivity index (χ4n) is 1.95. The van der Waals surface area contributed by atoms with Gasteiger partial charge in [0.1, 0.15) is 5.58 Å². The summed E-state index contributed by atoms with van der Waals surface area (Å²) in [6.07, 6.45) is 0. The van der Waals surface area contributed by atoms with Crippen LogP contribution < -0.4 is 10.3 Å². The lowest BCUT2D eigenvalue weighted by atomic mass is 10.2. The third kappa shape index (κ3) is 2.98. The molecule has 0 radical (unpaired) electrons. The summed E-state index contributed by atoms with van der Waals surface area (Å²) >= 11 is 5.76. The van der Waals surface area contributed by atoms with Crippen LogP contribution in [0.4, 0.5) is 5.69 Å². The molecule has 2 aromatic carbocycles. The summed E-state index contributed by atoms with van der Waals surface area (Å²) in [5, 5.41) is 1.04. The molecule has 0 amide bonds. The van der Waals surface area contributed by atoms with Gasteiger partial charge in [0.2, 0.25) is 0 Å². The third-order valence-electron chi connectivity index (χ3n) is 3.00. The van der Waals surface area contributed by atoms with E-state index in [-0.39, 0.29) is 4.90 Å². The minimum absolute atomic E-state index is 0.0730. The molecule has 1 aromatic heterocycles. The van der Waals surface area contributed by atoms with Crippen molar-refractivity contribution in [3.05, 3.63) is 70.0 Å². The summed E-state index contributed by atoms with van der Waals surface area (Å²) < 4.78 is 32.2. The molecule has 0 atom stereocenters. The van der Waals surface area contributed by atoms with Gasteiger partial charge in [-0.25, -0.2) is 13.2 Å². The number of sulfonamides is 1. The zero-order valence-electron chi connectivity index (χ0n) is 11.1. The zero-order valence-corrected chi connectivity index (χ0v) is 12.7. The maximum atomic E-state index is 12.4. The van der Waals surface area contributed by atoms with Crippen molar-refractivity contribution in [2.45, 2.75) is 4.90 Å². The molecular formula is C15H10ClNO4S. The molecule has 0 bridgehead atoms.